The van der Waals surface area contributed by atoms with Gasteiger partial charge in [0.2, 0.25) is 0 Å². The zero-order chi connectivity index (χ0) is 26.1. The number of nitrogen functional groups attached to an aromatic ring is 2. The first-order valence-electron chi connectivity index (χ1n) is 11.9. The van der Waals surface area contributed by atoms with E-state index in [9.17, 15) is 15.0 Å². The highest BCUT2D eigenvalue weighted by Gasteiger charge is 2.22. The number of aryl methyl sites for hydroxylation is 2. The molecule has 1 aromatic heterocycles. The average molecular weight is 514 g/mol. The summed E-state index contributed by atoms with van der Waals surface area (Å²) in [7, 11) is 2.19. The highest BCUT2D eigenvalue weighted by molar-refractivity contribution is 6.31. The molecule has 0 aliphatic carbocycles. The van der Waals surface area contributed by atoms with Gasteiger partial charge in [0.05, 0.1) is 33.2 Å². The molecule has 3 rings (SSSR count). The summed E-state index contributed by atoms with van der Waals surface area (Å²) in [6, 6.07) is 14.6. The number of nitrogens with zero attached hydrogens (tertiary/aromatic N) is 3. The molecule has 0 atom stereocenters. The third kappa shape index (κ3) is 8.00. The van der Waals surface area contributed by atoms with Gasteiger partial charge in [0.25, 0.3) is 5.91 Å². The third-order valence-electron chi connectivity index (χ3n) is 6.26. The van der Waals surface area contributed by atoms with Gasteiger partial charge >= 0.3 is 0 Å². The van der Waals surface area contributed by atoms with Crippen LogP contribution in [0.1, 0.15) is 34.5 Å². The molecule has 7 N–H and O–H groups in total. The van der Waals surface area contributed by atoms with Crippen molar-refractivity contribution < 1.29 is 19.5 Å². The van der Waals surface area contributed by atoms with Crippen molar-refractivity contribution in [2.24, 2.45) is 0 Å². The molecule has 0 fully saturated rings. The minimum absolute atomic E-state index is 0.0165. The predicted octanol–water partition coefficient (Wildman–Crippen LogP) is 3.15. The number of carbonyl (C=O) groups excluding carboxylic acids is 1. The summed E-state index contributed by atoms with van der Waals surface area (Å²) in [6.45, 7) is 2.98. The van der Waals surface area contributed by atoms with Gasteiger partial charge in [-0.1, -0.05) is 35.9 Å². The number of hydrogen-bond acceptors (Lipinski definition) is 7. The number of anilines is 2. The molecule has 36 heavy (non-hydrogen) atoms. The summed E-state index contributed by atoms with van der Waals surface area (Å²) in [5.74, 6) is 0.00224. The van der Waals surface area contributed by atoms with E-state index in [0.717, 1.165) is 43.3 Å². The summed E-state index contributed by atoms with van der Waals surface area (Å²) in [5.41, 5.74) is 13.7. The lowest BCUT2D eigenvalue weighted by Crippen LogP contribution is -2.50. The number of carbonyl (C=O) groups is 1. The van der Waals surface area contributed by atoms with Crippen LogP contribution in [-0.4, -0.2) is 63.8 Å². The van der Waals surface area contributed by atoms with Crippen LogP contribution in [-0.2, 0) is 12.8 Å². The second-order valence-electron chi connectivity index (χ2n) is 9.22. The first-order chi connectivity index (χ1) is 17.1. The highest BCUT2D eigenvalue weighted by atomic mass is 35.5. The Morgan fingerprint density at radius 2 is 1.36 bits per heavy atom. The van der Waals surface area contributed by atoms with E-state index in [2.05, 4.69) is 22.3 Å². The number of rotatable bonds is 12. The van der Waals surface area contributed by atoms with Crippen molar-refractivity contribution in [3.63, 3.8) is 0 Å². The van der Waals surface area contributed by atoms with Crippen LogP contribution in [0.15, 0.2) is 48.5 Å². The van der Waals surface area contributed by atoms with E-state index < -0.39 is 5.91 Å². The fraction of sp³-hybridized carbons (Fsp3) is 0.346. The van der Waals surface area contributed by atoms with Gasteiger partial charge in [0.15, 0.2) is 22.5 Å². The molecule has 1 amide bonds. The smallest absolute Gasteiger partial charge is 0.273 e. The molecular weight excluding hydrogens is 480 g/mol. The number of benzene rings is 2. The fourth-order valence-corrected chi connectivity index (χ4v) is 4.25. The Morgan fingerprint density at radius 3 is 1.86 bits per heavy atom. The van der Waals surface area contributed by atoms with Gasteiger partial charge in [-0.15, -0.1) is 0 Å². The van der Waals surface area contributed by atoms with Crippen molar-refractivity contribution in [2.45, 2.75) is 25.7 Å². The summed E-state index contributed by atoms with van der Waals surface area (Å²) in [6.07, 6.45) is 3.71. The summed E-state index contributed by atoms with van der Waals surface area (Å²) in [4.78, 5) is 20.5. The second-order valence-corrected chi connectivity index (χ2v) is 9.58. The number of aromatic nitrogens is 2. The number of amides is 1. The fourth-order valence-electron chi connectivity index (χ4n) is 4.12. The van der Waals surface area contributed by atoms with Gasteiger partial charge < -0.3 is 31.5 Å². The number of hydrogen-bond donors (Lipinski definition) is 5. The van der Waals surface area contributed by atoms with Crippen molar-refractivity contribution in [3.8, 4) is 11.5 Å². The lowest BCUT2D eigenvalue weighted by atomic mass is 10.1. The molecule has 3 aromatic rings. The lowest BCUT2D eigenvalue weighted by molar-refractivity contribution is -0.908. The van der Waals surface area contributed by atoms with Crippen molar-refractivity contribution in [2.75, 3.05) is 44.7 Å². The predicted molar refractivity (Wildman–Crippen MR) is 142 cm³/mol. The van der Waals surface area contributed by atoms with Gasteiger partial charge in [-0.05, 0) is 48.2 Å². The van der Waals surface area contributed by atoms with E-state index in [0.29, 0.717) is 13.1 Å². The average Bonchev–Trinajstić information content (AvgIpc) is 2.84. The first kappa shape index (κ1) is 27.0. The Kier molecular flexibility index (Phi) is 9.32. The van der Waals surface area contributed by atoms with Gasteiger partial charge in [-0.25, -0.2) is 9.97 Å². The minimum Gasteiger partial charge on any atom is -0.508 e. The van der Waals surface area contributed by atoms with E-state index in [1.54, 1.807) is 24.3 Å². The van der Waals surface area contributed by atoms with Gasteiger partial charge in [-0.2, -0.15) is 0 Å². The molecule has 9 nitrogen and oxygen atoms in total. The Labute approximate surface area is 216 Å². The lowest BCUT2D eigenvalue weighted by Gasteiger charge is -2.35. The van der Waals surface area contributed by atoms with Crippen LogP contribution in [0.4, 0.5) is 11.6 Å². The third-order valence-corrected chi connectivity index (χ3v) is 6.53. The van der Waals surface area contributed by atoms with Crippen LogP contribution in [0.5, 0.6) is 11.5 Å². The van der Waals surface area contributed by atoms with Crippen LogP contribution in [0.3, 0.4) is 0 Å². The number of halogens is 1. The van der Waals surface area contributed by atoms with Crippen LogP contribution < -0.4 is 16.8 Å². The quantitative estimate of drug-likeness (QED) is 0.234. The molecule has 0 spiro atoms. The first-order valence-corrected chi connectivity index (χ1v) is 12.3. The van der Waals surface area contributed by atoms with E-state index in [1.165, 1.54) is 11.1 Å². The topological polar surface area (TPSA) is 147 Å². The Bertz CT molecular complexity index is 1100. The maximum absolute atomic E-state index is 12.6. The molecular formula is C26H34ClN6O3+. The highest BCUT2D eigenvalue weighted by Crippen LogP contribution is 2.18. The molecule has 0 aliphatic rings. The monoisotopic (exact) mass is 513 g/mol. The van der Waals surface area contributed by atoms with E-state index in [4.69, 9.17) is 23.1 Å². The van der Waals surface area contributed by atoms with Crippen molar-refractivity contribution in [3.05, 3.63) is 70.5 Å². The molecule has 0 bridgehead atoms. The number of phenolic OH excluding ortho intramolecular Hbond substituents is 2. The van der Waals surface area contributed by atoms with Gasteiger partial charge in [0.1, 0.15) is 11.5 Å². The summed E-state index contributed by atoms with van der Waals surface area (Å²) < 4.78 is 0.764. The Hall–Kier alpha value is -3.56. The largest absolute Gasteiger partial charge is 0.508 e. The van der Waals surface area contributed by atoms with E-state index in [-0.39, 0.29) is 34.0 Å². The minimum atomic E-state index is -0.443. The molecule has 10 heteroatoms. The maximum Gasteiger partial charge on any atom is 0.273 e. The van der Waals surface area contributed by atoms with Crippen molar-refractivity contribution in [1.82, 2.24) is 15.3 Å². The number of quaternary nitrogens is 1. The molecule has 0 aliphatic heterocycles. The van der Waals surface area contributed by atoms with Gasteiger partial charge in [0, 0.05) is 12.8 Å². The van der Waals surface area contributed by atoms with Gasteiger partial charge in [-0.3, -0.25) is 4.79 Å². The van der Waals surface area contributed by atoms with E-state index in [1.807, 2.05) is 24.3 Å². The molecule has 0 unspecified atom stereocenters. The number of likely N-dealkylation sites (N-methyl/N-ethyl adjacent to an activating group) is 1. The molecule has 192 valence electrons. The zero-order valence-electron chi connectivity index (χ0n) is 20.5. The molecule has 2 aromatic carbocycles. The molecule has 1 heterocycles. The summed E-state index contributed by atoms with van der Waals surface area (Å²) >= 11 is 5.90. The molecule has 0 radical (unpaired) electrons. The Balaban J connectivity index is 1.58. The maximum atomic E-state index is 12.6. The summed E-state index contributed by atoms with van der Waals surface area (Å²) in [5, 5.41) is 21.8. The number of phenols is 2. The SMILES string of the molecule is C[N+](CCCc1ccc(O)cc1)(CCCc1ccc(O)cc1)CCNC(=O)c1nc(Cl)c(N)nc1N. The Morgan fingerprint density at radius 1 is 0.861 bits per heavy atom. The second kappa shape index (κ2) is 12.4. The number of nitrogens with two attached hydrogens (primary N) is 2. The molecule has 0 saturated carbocycles. The van der Waals surface area contributed by atoms with Crippen LogP contribution >= 0.6 is 11.6 Å². The van der Waals surface area contributed by atoms with Crippen molar-refractivity contribution >= 4 is 29.1 Å². The van der Waals surface area contributed by atoms with Crippen LogP contribution in [0, 0.1) is 0 Å². The normalized spacial score (nSPS) is 11.4. The van der Waals surface area contributed by atoms with E-state index >= 15 is 0 Å². The van der Waals surface area contributed by atoms with Crippen LogP contribution in [0.25, 0.3) is 0 Å². The standard InChI is InChI=1S/C26H33ClN6O3/c1-33(15-2-4-18-6-10-20(34)11-7-18,16-3-5-19-8-12-21(35)13-9-19)17-14-30-26(36)22-24(28)32-25(29)23(27)31-22/h6-13H,2-5,14-17H2,1H3,(H6-,28,29,30,32,34,35,36)/p+1. The van der Waals surface area contributed by atoms with Crippen molar-refractivity contribution in [1.29, 1.82) is 0 Å². The zero-order valence-corrected chi connectivity index (χ0v) is 21.2. The molecule has 0 saturated heterocycles. The number of nitrogens with one attached hydrogen (secondary N) is 1. The number of aromatic hydroxyl groups is 2. The van der Waals surface area contributed by atoms with Crippen LogP contribution in [0.2, 0.25) is 5.15 Å².